The molecule has 0 bridgehead atoms. The van der Waals surface area contributed by atoms with Crippen LogP contribution in [0.15, 0.2) is 18.6 Å². The molecule has 0 aliphatic heterocycles. The van der Waals surface area contributed by atoms with Crippen molar-refractivity contribution in [3.8, 4) is 0 Å². The van der Waals surface area contributed by atoms with E-state index in [0.717, 1.165) is 23.7 Å². The summed E-state index contributed by atoms with van der Waals surface area (Å²) in [6.07, 6.45) is 4.03. The molecule has 0 fully saturated rings. The summed E-state index contributed by atoms with van der Waals surface area (Å²) in [5.74, 6) is 0.344. The Hall–Kier alpha value is -2.51. The molecule has 2 heterocycles. The highest BCUT2D eigenvalue weighted by molar-refractivity contribution is 5.32. The Morgan fingerprint density at radius 3 is 2.65 bits per heavy atom. The van der Waals surface area contributed by atoms with Gasteiger partial charge in [-0.25, -0.2) is 9.97 Å². The fourth-order valence-electron chi connectivity index (χ4n) is 1.23. The van der Waals surface area contributed by atoms with E-state index in [4.69, 9.17) is 0 Å². The zero-order chi connectivity index (χ0) is 12.3. The summed E-state index contributed by atoms with van der Waals surface area (Å²) >= 11 is 0. The number of nitrogens with one attached hydrogen (secondary N) is 2. The highest BCUT2D eigenvalue weighted by atomic mass is 16.6. The predicted octanol–water partition coefficient (Wildman–Crippen LogP) is 1.03. The molecule has 8 nitrogen and oxygen atoms in total. The summed E-state index contributed by atoms with van der Waals surface area (Å²) in [5.41, 5.74) is 1.82. The van der Waals surface area contributed by atoms with E-state index in [-0.39, 0.29) is 5.69 Å². The molecule has 88 valence electrons. The van der Waals surface area contributed by atoms with Crippen LogP contribution in [-0.2, 0) is 6.54 Å². The summed E-state index contributed by atoms with van der Waals surface area (Å²) in [5, 5.41) is 20.0. The van der Waals surface area contributed by atoms with Gasteiger partial charge in [-0.2, -0.15) is 5.10 Å². The standard InChI is InChI=1S/C9H10N6O2/c1-6-7(3-13-14-6)2-10-9-11-4-8(5-12-9)15(16)17/h3-5H,2H2,1H3,(H,13,14)(H,10,11,12). The number of aromatic amines is 1. The second-order valence-corrected chi connectivity index (χ2v) is 3.40. The highest BCUT2D eigenvalue weighted by Crippen LogP contribution is 2.09. The Morgan fingerprint density at radius 1 is 1.41 bits per heavy atom. The van der Waals surface area contributed by atoms with Gasteiger partial charge in [-0.05, 0) is 6.92 Å². The second-order valence-electron chi connectivity index (χ2n) is 3.40. The Bertz CT molecular complexity index is 521. The van der Waals surface area contributed by atoms with E-state index in [1.54, 1.807) is 6.20 Å². The van der Waals surface area contributed by atoms with E-state index in [9.17, 15) is 10.1 Å². The molecular formula is C9H10N6O2. The highest BCUT2D eigenvalue weighted by Gasteiger charge is 2.07. The van der Waals surface area contributed by atoms with Crippen molar-refractivity contribution in [1.29, 1.82) is 0 Å². The van der Waals surface area contributed by atoms with Gasteiger partial charge in [0.15, 0.2) is 0 Å². The lowest BCUT2D eigenvalue weighted by molar-refractivity contribution is -0.385. The van der Waals surface area contributed by atoms with Crippen molar-refractivity contribution < 1.29 is 4.92 Å². The third kappa shape index (κ3) is 2.54. The zero-order valence-electron chi connectivity index (χ0n) is 9.04. The van der Waals surface area contributed by atoms with Gasteiger partial charge >= 0.3 is 5.69 Å². The van der Waals surface area contributed by atoms with Gasteiger partial charge in [0.25, 0.3) is 0 Å². The van der Waals surface area contributed by atoms with Crippen molar-refractivity contribution in [2.24, 2.45) is 0 Å². The fourth-order valence-corrected chi connectivity index (χ4v) is 1.23. The average molecular weight is 234 g/mol. The van der Waals surface area contributed by atoms with Crippen molar-refractivity contribution in [3.05, 3.63) is 40.0 Å². The van der Waals surface area contributed by atoms with Crippen LogP contribution in [-0.4, -0.2) is 25.1 Å². The minimum absolute atomic E-state index is 0.130. The Balaban J connectivity index is 2.00. The molecule has 0 saturated heterocycles. The molecule has 0 radical (unpaired) electrons. The summed E-state index contributed by atoms with van der Waals surface area (Å²) in [6.45, 7) is 2.42. The van der Waals surface area contributed by atoms with Crippen molar-refractivity contribution in [3.63, 3.8) is 0 Å². The number of anilines is 1. The van der Waals surface area contributed by atoms with Crippen molar-refractivity contribution in [1.82, 2.24) is 20.2 Å². The molecule has 0 amide bonds. The molecule has 0 aliphatic carbocycles. The molecule has 0 aliphatic rings. The smallest absolute Gasteiger partial charge is 0.305 e. The van der Waals surface area contributed by atoms with Gasteiger partial charge in [-0.3, -0.25) is 15.2 Å². The van der Waals surface area contributed by atoms with Crippen LogP contribution < -0.4 is 5.32 Å². The molecule has 2 rings (SSSR count). The Labute approximate surface area is 96.3 Å². The molecule has 17 heavy (non-hydrogen) atoms. The van der Waals surface area contributed by atoms with Gasteiger partial charge in [-0.1, -0.05) is 0 Å². The molecular weight excluding hydrogens is 224 g/mol. The number of H-pyrrole nitrogens is 1. The average Bonchev–Trinajstić information content (AvgIpc) is 2.73. The second kappa shape index (κ2) is 4.56. The summed E-state index contributed by atoms with van der Waals surface area (Å²) in [6, 6.07) is 0. The number of nitrogens with zero attached hydrogens (tertiary/aromatic N) is 4. The first-order valence-corrected chi connectivity index (χ1v) is 4.86. The number of aromatic nitrogens is 4. The lowest BCUT2D eigenvalue weighted by atomic mass is 10.3. The number of nitro groups is 1. The first-order chi connectivity index (χ1) is 8.16. The van der Waals surface area contributed by atoms with Gasteiger partial charge in [-0.15, -0.1) is 0 Å². The molecule has 2 aromatic heterocycles. The van der Waals surface area contributed by atoms with E-state index in [1.807, 2.05) is 6.92 Å². The number of rotatable bonds is 4. The van der Waals surface area contributed by atoms with Crippen LogP contribution in [0.1, 0.15) is 11.3 Å². The van der Waals surface area contributed by atoms with E-state index in [0.29, 0.717) is 12.5 Å². The molecule has 0 atom stereocenters. The van der Waals surface area contributed by atoms with Crippen LogP contribution in [0.5, 0.6) is 0 Å². The molecule has 0 unspecified atom stereocenters. The third-order valence-corrected chi connectivity index (χ3v) is 2.22. The van der Waals surface area contributed by atoms with Crippen molar-refractivity contribution in [2.45, 2.75) is 13.5 Å². The van der Waals surface area contributed by atoms with E-state index < -0.39 is 4.92 Å². The van der Waals surface area contributed by atoms with E-state index in [1.165, 1.54) is 0 Å². The largest absolute Gasteiger partial charge is 0.350 e. The number of hydrogen-bond donors (Lipinski definition) is 2. The molecule has 0 aromatic carbocycles. The summed E-state index contributed by atoms with van der Waals surface area (Å²) in [4.78, 5) is 17.5. The number of hydrogen-bond acceptors (Lipinski definition) is 6. The molecule has 0 saturated carbocycles. The predicted molar refractivity (Wildman–Crippen MR) is 59.3 cm³/mol. The molecule has 2 aromatic rings. The number of aryl methyl sites for hydroxylation is 1. The maximum Gasteiger partial charge on any atom is 0.305 e. The van der Waals surface area contributed by atoms with E-state index >= 15 is 0 Å². The molecule has 2 N–H and O–H groups in total. The van der Waals surface area contributed by atoms with Crippen LogP contribution in [0.2, 0.25) is 0 Å². The zero-order valence-corrected chi connectivity index (χ0v) is 9.04. The minimum atomic E-state index is -0.538. The van der Waals surface area contributed by atoms with E-state index in [2.05, 4.69) is 25.5 Å². The first-order valence-electron chi connectivity index (χ1n) is 4.86. The SMILES string of the molecule is Cc1[nH]ncc1CNc1ncc([N+](=O)[O-])cn1. The summed E-state index contributed by atoms with van der Waals surface area (Å²) < 4.78 is 0. The van der Waals surface area contributed by atoms with Crippen molar-refractivity contribution >= 4 is 11.6 Å². The fraction of sp³-hybridized carbons (Fsp3) is 0.222. The first kappa shape index (κ1) is 11.0. The van der Waals surface area contributed by atoms with Gasteiger partial charge in [0, 0.05) is 17.8 Å². The van der Waals surface area contributed by atoms with Crippen molar-refractivity contribution in [2.75, 3.05) is 5.32 Å². The Kier molecular flexibility index (Phi) is 2.95. The van der Waals surface area contributed by atoms with Crippen LogP contribution >= 0.6 is 0 Å². The maximum atomic E-state index is 10.4. The lowest BCUT2D eigenvalue weighted by Crippen LogP contribution is -2.04. The molecule has 0 spiro atoms. The summed E-state index contributed by atoms with van der Waals surface area (Å²) in [7, 11) is 0. The van der Waals surface area contributed by atoms with Gasteiger partial charge in [0.05, 0.1) is 11.1 Å². The third-order valence-electron chi connectivity index (χ3n) is 2.22. The normalized spacial score (nSPS) is 10.2. The van der Waals surface area contributed by atoms with Crippen LogP contribution in [0, 0.1) is 17.0 Å². The minimum Gasteiger partial charge on any atom is -0.350 e. The van der Waals surface area contributed by atoms with Crippen LogP contribution in [0.25, 0.3) is 0 Å². The quantitative estimate of drug-likeness (QED) is 0.603. The van der Waals surface area contributed by atoms with Gasteiger partial charge < -0.3 is 5.32 Å². The maximum absolute atomic E-state index is 10.4. The Morgan fingerprint density at radius 2 is 2.12 bits per heavy atom. The van der Waals surface area contributed by atoms with Gasteiger partial charge in [0.1, 0.15) is 12.4 Å². The molecule has 8 heteroatoms. The van der Waals surface area contributed by atoms with Crippen LogP contribution in [0.3, 0.4) is 0 Å². The monoisotopic (exact) mass is 234 g/mol. The van der Waals surface area contributed by atoms with Gasteiger partial charge in [0.2, 0.25) is 5.95 Å². The van der Waals surface area contributed by atoms with Crippen LogP contribution in [0.4, 0.5) is 11.6 Å². The topological polar surface area (TPSA) is 110 Å². The lowest BCUT2D eigenvalue weighted by Gasteiger charge is -2.02.